The number of furan rings is 1. The lowest BCUT2D eigenvalue weighted by Gasteiger charge is -2.09. The van der Waals surface area contributed by atoms with E-state index in [1.807, 2.05) is 6.92 Å². The second-order valence-corrected chi connectivity index (χ2v) is 5.94. The second-order valence-electron chi connectivity index (χ2n) is 5.94. The molecular formula is C17H19N5O3. The van der Waals surface area contributed by atoms with Crippen molar-refractivity contribution < 1.29 is 9.21 Å². The van der Waals surface area contributed by atoms with Crippen LogP contribution in [0.1, 0.15) is 42.3 Å². The summed E-state index contributed by atoms with van der Waals surface area (Å²) in [6.07, 6.45) is 8.52. The fourth-order valence-electron chi connectivity index (χ4n) is 2.77. The van der Waals surface area contributed by atoms with Gasteiger partial charge in [-0.05, 0) is 13.8 Å². The summed E-state index contributed by atoms with van der Waals surface area (Å²) in [6, 6.07) is 0. The van der Waals surface area contributed by atoms with Crippen LogP contribution in [0.15, 0.2) is 25.8 Å². The number of amides is 1. The SMILES string of the molecule is C#CCCC1(CCNC(=O)c2c(C)oc3ncn(CC)c(=O)c23)N=N1. The van der Waals surface area contributed by atoms with Crippen molar-refractivity contribution >= 4 is 17.0 Å². The standard InChI is InChI=1S/C17H19N5O3/c1-4-6-7-17(20-21-17)8-9-18-14(23)12-11(3)25-15-13(12)16(24)22(5-2)10-19-15/h1,10H,5-9H2,2-3H3,(H,18,23). The van der Waals surface area contributed by atoms with Crippen LogP contribution in [-0.4, -0.2) is 27.7 Å². The predicted molar refractivity (Wildman–Crippen MR) is 91.3 cm³/mol. The van der Waals surface area contributed by atoms with Crippen molar-refractivity contribution in [2.24, 2.45) is 10.2 Å². The lowest BCUT2D eigenvalue weighted by molar-refractivity contribution is 0.0951. The molecule has 1 aliphatic heterocycles. The third kappa shape index (κ3) is 3.18. The molecule has 3 heterocycles. The number of hydrogen-bond acceptors (Lipinski definition) is 6. The first-order chi connectivity index (χ1) is 12.0. The van der Waals surface area contributed by atoms with Gasteiger partial charge in [-0.15, -0.1) is 12.3 Å². The average molecular weight is 341 g/mol. The first-order valence-corrected chi connectivity index (χ1v) is 8.15. The zero-order chi connectivity index (χ0) is 18.0. The first-order valence-electron chi connectivity index (χ1n) is 8.15. The zero-order valence-corrected chi connectivity index (χ0v) is 14.2. The lowest BCUT2D eigenvalue weighted by atomic mass is 10.0. The molecule has 25 heavy (non-hydrogen) atoms. The molecule has 0 saturated carbocycles. The molecule has 0 fully saturated rings. The lowest BCUT2D eigenvalue weighted by Crippen LogP contribution is -2.30. The van der Waals surface area contributed by atoms with Gasteiger partial charge in [0.05, 0.1) is 5.56 Å². The maximum atomic E-state index is 12.6. The van der Waals surface area contributed by atoms with Gasteiger partial charge in [0.15, 0.2) is 5.66 Å². The number of fused-ring (bicyclic) bond motifs is 1. The van der Waals surface area contributed by atoms with Crippen LogP contribution >= 0.6 is 0 Å². The highest BCUT2D eigenvalue weighted by atomic mass is 16.3. The van der Waals surface area contributed by atoms with Crippen molar-refractivity contribution in [3.8, 4) is 12.3 Å². The average Bonchev–Trinajstić information content (AvgIpc) is 3.27. The summed E-state index contributed by atoms with van der Waals surface area (Å²) >= 11 is 0. The summed E-state index contributed by atoms with van der Waals surface area (Å²) in [5.74, 6) is 2.57. The molecule has 0 aliphatic carbocycles. The summed E-state index contributed by atoms with van der Waals surface area (Å²) < 4.78 is 6.90. The van der Waals surface area contributed by atoms with Gasteiger partial charge in [0.25, 0.3) is 11.5 Å². The van der Waals surface area contributed by atoms with Crippen LogP contribution in [0.25, 0.3) is 11.1 Å². The Morgan fingerprint density at radius 3 is 2.84 bits per heavy atom. The molecule has 0 unspecified atom stereocenters. The van der Waals surface area contributed by atoms with Crippen LogP contribution in [0.3, 0.4) is 0 Å². The summed E-state index contributed by atoms with van der Waals surface area (Å²) in [5, 5.41) is 11.1. The van der Waals surface area contributed by atoms with Crippen LogP contribution in [0.4, 0.5) is 0 Å². The number of nitrogens with one attached hydrogen (secondary N) is 1. The van der Waals surface area contributed by atoms with Crippen molar-refractivity contribution in [1.29, 1.82) is 0 Å². The molecule has 1 N–H and O–H groups in total. The van der Waals surface area contributed by atoms with E-state index in [4.69, 9.17) is 10.8 Å². The maximum Gasteiger partial charge on any atom is 0.265 e. The maximum absolute atomic E-state index is 12.6. The largest absolute Gasteiger partial charge is 0.442 e. The van der Waals surface area contributed by atoms with E-state index in [9.17, 15) is 9.59 Å². The topological polar surface area (TPSA) is 102 Å². The van der Waals surface area contributed by atoms with Gasteiger partial charge in [0.1, 0.15) is 17.5 Å². The van der Waals surface area contributed by atoms with E-state index in [0.717, 1.165) is 0 Å². The normalized spacial score (nSPS) is 14.4. The summed E-state index contributed by atoms with van der Waals surface area (Å²) in [7, 11) is 0. The van der Waals surface area contributed by atoms with Crippen LogP contribution in [0.5, 0.6) is 0 Å². The van der Waals surface area contributed by atoms with Gasteiger partial charge < -0.3 is 9.73 Å². The Kier molecular flexibility index (Phi) is 4.40. The Morgan fingerprint density at radius 2 is 2.20 bits per heavy atom. The Morgan fingerprint density at radius 1 is 1.44 bits per heavy atom. The Bertz CT molecular complexity index is 942. The second kappa shape index (κ2) is 6.51. The molecule has 0 aromatic carbocycles. The smallest absolute Gasteiger partial charge is 0.265 e. The molecule has 0 bridgehead atoms. The number of nitrogens with zero attached hydrogens (tertiary/aromatic N) is 4. The molecule has 0 saturated heterocycles. The minimum absolute atomic E-state index is 0.176. The fraction of sp³-hybridized carbons (Fsp3) is 0.471. The zero-order valence-electron chi connectivity index (χ0n) is 14.2. The van der Waals surface area contributed by atoms with Crippen LogP contribution in [-0.2, 0) is 6.54 Å². The molecule has 8 heteroatoms. The highest BCUT2D eigenvalue weighted by Crippen LogP contribution is 2.36. The van der Waals surface area contributed by atoms with Gasteiger partial charge in [0, 0.05) is 32.4 Å². The van der Waals surface area contributed by atoms with Gasteiger partial charge in [-0.25, -0.2) is 4.98 Å². The molecule has 3 rings (SSSR count). The Hall–Kier alpha value is -2.95. The van der Waals surface area contributed by atoms with Crippen molar-refractivity contribution in [1.82, 2.24) is 14.9 Å². The molecule has 2 aromatic heterocycles. The molecule has 8 nitrogen and oxygen atoms in total. The Balaban J connectivity index is 1.75. The monoisotopic (exact) mass is 341 g/mol. The molecule has 0 spiro atoms. The van der Waals surface area contributed by atoms with Gasteiger partial charge in [-0.1, -0.05) is 0 Å². The number of aryl methyl sites for hydroxylation is 2. The molecule has 0 atom stereocenters. The van der Waals surface area contributed by atoms with Gasteiger partial charge >= 0.3 is 0 Å². The number of carbonyl (C=O) groups excluding carboxylic acids is 1. The first kappa shape index (κ1) is 16.9. The molecular weight excluding hydrogens is 322 g/mol. The van der Waals surface area contributed by atoms with Crippen LogP contribution < -0.4 is 10.9 Å². The minimum Gasteiger partial charge on any atom is -0.442 e. The van der Waals surface area contributed by atoms with Crippen LogP contribution in [0, 0.1) is 19.3 Å². The molecule has 130 valence electrons. The number of terminal acetylenes is 1. The van der Waals surface area contributed by atoms with E-state index < -0.39 is 5.66 Å². The van der Waals surface area contributed by atoms with Crippen molar-refractivity contribution in [2.45, 2.75) is 45.3 Å². The van der Waals surface area contributed by atoms with Gasteiger partial charge in [0.2, 0.25) is 5.71 Å². The predicted octanol–water partition coefficient (Wildman–Crippen LogP) is 2.01. The van der Waals surface area contributed by atoms with Gasteiger partial charge in [-0.2, -0.15) is 10.2 Å². The summed E-state index contributed by atoms with van der Waals surface area (Å²) in [6.45, 7) is 4.32. The quantitative estimate of drug-likeness (QED) is 0.778. The van der Waals surface area contributed by atoms with E-state index in [1.54, 1.807) is 6.92 Å². The highest BCUT2D eigenvalue weighted by Gasteiger charge is 2.38. The summed E-state index contributed by atoms with van der Waals surface area (Å²) in [5.41, 5.74) is -0.330. The number of hydrogen-bond donors (Lipinski definition) is 1. The van der Waals surface area contributed by atoms with Gasteiger partial charge in [-0.3, -0.25) is 14.2 Å². The van der Waals surface area contributed by atoms with E-state index in [2.05, 4.69) is 26.4 Å². The number of carbonyl (C=O) groups is 1. The molecule has 0 radical (unpaired) electrons. The Labute approximate surface area is 144 Å². The van der Waals surface area contributed by atoms with Crippen molar-refractivity contribution in [3.05, 3.63) is 28.0 Å². The molecule has 1 amide bonds. The highest BCUT2D eigenvalue weighted by molar-refractivity contribution is 6.06. The number of rotatable bonds is 7. The third-order valence-electron chi connectivity index (χ3n) is 4.29. The van der Waals surface area contributed by atoms with E-state index in [1.165, 1.54) is 10.9 Å². The number of aromatic nitrogens is 2. The van der Waals surface area contributed by atoms with Crippen LogP contribution in [0.2, 0.25) is 0 Å². The fourth-order valence-corrected chi connectivity index (χ4v) is 2.77. The van der Waals surface area contributed by atoms with Crippen molar-refractivity contribution in [3.63, 3.8) is 0 Å². The van der Waals surface area contributed by atoms with E-state index in [-0.39, 0.29) is 28.1 Å². The van der Waals surface area contributed by atoms with Crippen molar-refractivity contribution in [2.75, 3.05) is 6.54 Å². The van der Waals surface area contributed by atoms with E-state index in [0.29, 0.717) is 38.1 Å². The third-order valence-corrected chi connectivity index (χ3v) is 4.29. The molecule has 2 aromatic rings. The van der Waals surface area contributed by atoms with E-state index >= 15 is 0 Å². The summed E-state index contributed by atoms with van der Waals surface area (Å²) in [4.78, 5) is 29.2. The minimum atomic E-state index is -0.455. The molecule has 1 aliphatic rings.